The maximum atomic E-state index is 11.6. The first kappa shape index (κ1) is 14.5. The number of urea groups is 1. The largest absolute Gasteiger partial charge is 0.481 e. The maximum Gasteiger partial charge on any atom is 0.315 e. The Labute approximate surface area is 110 Å². The molecule has 0 unspecified atom stereocenters. The van der Waals surface area contributed by atoms with Crippen molar-refractivity contribution < 1.29 is 14.7 Å². The van der Waals surface area contributed by atoms with Gasteiger partial charge in [0.05, 0.1) is 13.0 Å². The van der Waals surface area contributed by atoms with Gasteiger partial charge < -0.3 is 15.7 Å². The average Bonchev–Trinajstić information content (AvgIpc) is 2.58. The molecule has 100 valence electrons. The predicted octanol–water partition coefficient (Wildman–Crippen LogP) is 2.11. The lowest BCUT2D eigenvalue weighted by molar-refractivity contribution is -0.138. The molecule has 0 fully saturated rings. The molecule has 18 heavy (non-hydrogen) atoms. The first-order valence-corrected chi connectivity index (χ1v) is 6.49. The van der Waals surface area contributed by atoms with E-state index in [4.69, 9.17) is 5.11 Å². The molecule has 0 bridgehead atoms. The maximum absolute atomic E-state index is 11.6. The number of amides is 2. The predicted molar refractivity (Wildman–Crippen MR) is 70.8 cm³/mol. The van der Waals surface area contributed by atoms with Crippen LogP contribution >= 0.6 is 11.3 Å². The molecule has 0 aromatic carbocycles. The van der Waals surface area contributed by atoms with Gasteiger partial charge in [0.25, 0.3) is 0 Å². The van der Waals surface area contributed by atoms with Crippen molar-refractivity contribution in [1.82, 2.24) is 10.6 Å². The Kier molecular flexibility index (Phi) is 4.72. The smallest absolute Gasteiger partial charge is 0.315 e. The van der Waals surface area contributed by atoms with Crippen molar-refractivity contribution in [2.45, 2.75) is 39.3 Å². The first-order valence-electron chi connectivity index (χ1n) is 5.61. The summed E-state index contributed by atoms with van der Waals surface area (Å²) < 4.78 is 0. The molecule has 0 aliphatic carbocycles. The molecule has 2 amide bonds. The van der Waals surface area contributed by atoms with E-state index >= 15 is 0 Å². The van der Waals surface area contributed by atoms with Crippen LogP contribution in [0.15, 0.2) is 11.4 Å². The Morgan fingerprint density at radius 1 is 1.44 bits per heavy atom. The average molecular weight is 270 g/mol. The highest BCUT2D eigenvalue weighted by molar-refractivity contribution is 7.10. The summed E-state index contributed by atoms with van der Waals surface area (Å²) in [7, 11) is 0. The zero-order valence-corrected chi connectivity index (χ0v) is 11.6. The molecule has 0 atom stereocenters. The van der Waals surface area contributed by atoms with Gasteiger partial charge in [-0.05, 0) is 37.8 Å². The van der Waals surface area contributed by atoms with E-state index in [0.29, 0.717) is 6.54 Å². The Bertz CT molecular complexity index is 440. The van der Waals surface area contributed by atoms with Gasteiger partial charge in [0.1, 0.15) is 0 Å². The van der Waals surface area contributed by atoms with Crippen molar-refractivity contribution in [3.05, 3.63) is 21.9 Å². The Morgan fingerprint density at radius 3 is 2.61 bits per heavy atom. The van der Waals surface area contributed by atoms with Crippen LogP contribution in [0.2, 0.25) is 0 Å². The van der Waals surface area contributed by atoms with Gasteiger partial charge in [0, 0.05) is 10.4 Å². The highest BCUT2D eigenvalue weighted by atomic mass is 32.1. The third kappa shape index (κ3) is 4.75. The molecule has 3 N–H and O–H groups in total. The molecule has 0 radical (unpaired) electrons. The zero-order valence-electron chi connectivity index (χ0n) is 10.7. The molecular formula is C12H18N2O3S. The summed E-state index contributed by atoms with van der Waals surface area (Å²) in [5.41, 5.74) is 0.380. The fraction of sp³-hybridized carbons (Fsp3) is 0.500. The number of carbonyl (C=O) groups is 2. The number of hydrogen-bond acceptors (Lipinski definition) is 3. The second-order valence-corrected chi connectivity index (χ2v) is 5.79. The quantitative estimate of drug-likeness (QED) is 0.766. The van der Waals surface area contributed by atoms with Gasteiger partial charge in [-0.2, -0.15) is 0 Å². The van der Waals surface area contributed by atoms with Crippen molar-refractivity contribution in [3.8, 4) is 0 Å². The molecule has 1 aromatic rings. The number of thiophene rings is 1. The van der Waals surface area contributed by atoms with Crippen LogP contribution in [0.5, 0.6) is 0 Å². The van der Waals surface area contributed by atoms with Crippen molar-refractivity contribution in [2.75, 3.05) is 0 Å². The van der Waals surface area contributed by atoms with E-state index in [2.05, 4.69) is 10.6 Å². The van der Waals surface area contributed by atoms with Crippen molar-refractivity contribution in [2.24, 2.45) is 0 Å². The minimum Gasteiger partial charge on any atom is -0.481 e. The monoisotopic (exact) mass is 270 g/mol. The minimum absolute atomic E-state index is 0.113. The van der Waals surface area contributed by atoms with Gasteiger partial charge in [-0.25, -0.2) is 4.79 Å². The Balaban J connectivity index is 2.42. The summed E-state index contributed by atoms with van der Waals surface area (Å²) in [6.45, 7) is 5.80. The number of rotatable bonds is 5. The number of hydrogen-bond donors (Lipinski definition) is 3. The number of aliphatic carboxylic acids is 1. The summed E-state index contributed by atoms with van der Waals surface area (Å²) >= 11 is 1.58. The number of carbonyl (C=O) groups excluding carboxylic acids is 1. The van der Waals surface area contributed by atoms with E-state index in [1.807, 2.05) is 18.4 Å². The van der Waals surface area contributed by atoms with Gasteiger partial charge in [-0.1, -0.05) is 0 Å². The zero-order chi connectivity index (χ0) is 13.8. The Morgan fingerprint density at radius 2 is 2.11 bits per heavy atom. The van der Waals surface area contributed by atoms with Crippen LogP contribution in [0.1, 0.15) is 30.7 Å². The van der Waals surface area contributed by atoms with Crippen LogP contribution < -0.4 is 10.6 Å². The van der Waals surface area contributed by atoms with E-state index < -0.39 is 11.5 Å². The van der Waals surface area contributed by atoms with E-state index in [1.54, 1.807) is 25.2 Å². The van der Waals surface area contributed by atoms with Gasteiger partial charge in [-0.15, -0.1) is 11.3 Å². The van der Waals surface area contributed by atoms with Crippen LogP contribution in [-0.2, 0) is 11.3 Å². The molecule has 0 aliphatic rings. The number of carboxylic acids is 1. The second kappa shape index (κ2) is 5.86. The van der Waals surface area contributed by atoms with Crippen LogP contribution in [-0.4, -0.2) is 22.6 Å². The fourth-order valence-electron chi connectivity index (χ4n) is 1.52. The lowest BCUT2D eigenvalue weighted by Crippen LogP contribution is -2.49. The van der Waals surface area contributed by atoms with Gasteiger partial charge in [-0.3, -0.25) is 4.79 Å². The first-order chi connectivity index (χ1) is 8.30. The summed E-state index contributed by atoms with van der Waals surface area (Å²) in [5, 5.41) is 16.0. The van der Waals surface area contributed by atoms with Gasteiger partial charge in [0.15, 0.2) is 0 Å². The van der Waals surface area contributed by atoms with Crippen LogP contribution in [0, 0.1) is 6.92 Å². The highest BCUT2D eigenvalue weighted by Crippen LogP contribution is 2.15. The summed E-state index contributed by atoms with van der Waals surface area (Å²) in [5.74, 6) is -0.936. The summed E-state index contributed by atoms with van der Waals surface area (Å²) in [4.78, 5) is 23.4. The molecule has 1 rings (SSSR count). The van der Waals surface area contributed by atoms with Gasteiger partial charge in [0.2, 0.25) is 0 Å². The minimum atomic E-state index is -0.936. The molecular weight excluding hydrogens is 252 g/mol. The van der Waals surface area contributed by atoms with E-state index in [1.165, 1.54) is 0 Å². The Hall–Kier alpha value is -1.56. The molecule has 5 nitrogen and oxygen atoms in total. The molecule has 6 heteroatoms. The fourth-order valence-corrected chi connectivity index (χ4v) is 2.37. The molecule has 1 heterocycles. The van der Waals surface area contributed by atoms with E-state index in [9.17, 15) is 9.59 Å². The highest BCUT2D eigenvalue weighted by Gasteiger charge is 2.23. The topological polar surface area (TPSA) is 78.4 Å². The lowest BCUT2D eigenvalue weighted by Gasteiger charge is -2.24. The number of aryl methyl sites for hydroxylation is 1. The van der Waals surface area contributed by atoms with Crippen LogP contribution in [0.3, 0.4) is 0 Å². The van der Waals surface area contributed by atoms with Crippen molar-refractivity contribution >= 4 is 23.3 Å². The molecule has 0 aliphatic heterocycles. The van der Waals surface area contributed by atoms with Crippen LogP contribution in [0.4, 0.5) is 4.79 Å². The number of carboxylic acid groups (broad SMARTS) is 1. The molecule has 1 aromatic heterocycles. The number of nitrogens with one attached hydrogen (secondary N) is 2. The van der Waals surface area contributed by atoms with Crippen LogP contribution in [0.25, 0.3) is 0 Å². The SMILES string of the molecule is Cc1ccsc1CNC(=O)NC(C)(C)CC(=O)O. The summed E-state index contributed by atoms with van der Waals surface area (Å²) in [6, 6.07) is 1.64. The van der Waals surface area contributed by atoms with Gasteiger partial charge >= 0.3 is 12.0 Å². The standard InChI is InChI=1S/C12H18N2O3S/c1-8-4-5-18-9(8)7-13-11(17)14-12(2,3)6-10(15)16/h4-5H,6-7H2,1-3H3,(H,15,16)(H2,13,14,17). The summed E-state index contributed by atoms with van der Waals surface area (Å²) in [6.07, 6.45) is -0.113. The normalized spacial score (nSPS) is 11.1. The van der Waals surface area contributed by atoms with Crippen molar-refractivity contribution in [3.63, 3.8) is 0 Å². The molecule has 0 spiro atoms. The third-order valence-electron chi connectivity index (χ3n) is 2.42. The molecule has 0 saturated heterocycles. The second-order valence-electron chi connectivity index (χ2n) is 4.79. The lowest BCUT2D eigenvalue weighted by atomic mass is 10.0. The van der Waals surface area contributed by atoms with E-state index in [0.717, 1.165) is 10.4 Å². The van der Waals surface area contributed by atoms with Crippen molar-refractivity contribution in [1.29, 1.82) is 0 Å². The van der Waals surface area contributed by atoms with E-state index in [-0.39, 0.29) is 12.5 Å². The molecule has 0 saturated carbocycles. The third-order valence-corrected chi connectivity index (χ3v) is 3.45.